The van der Waals surface area contributed by atoms with E-state index in [1.165, 1.54) is 0 Å². The highest BCUT2D eigenvalue weighted by Crippen LogP contribution is 2.09. The van der Waals surface area contributed by atoms with Gasteiger partial charge in [0.15, 0.2) is 9.84 Å². The fraction of sp³-hybridized carbons (Fsp3) is 0.875. The normalized spacial score (nSPS) is 24.0. The van der Waals surface area contributed by atoms with E-state index >= 15 is 0 Å². The molecule has 82 valence electrons. The molecule has 1 aliphatic rings. The van der Waals surface area contributed by atoms with E-state index in [0.717, 1.165) is 0 Å². The standard InChI is InChI=1S/C8H14BrNO3S/c1-7(9)8(11)10-3-2-5-14(12,13)6-4-10/h7H,2-6H2,1H3. The Hall–Kier alpha value is -0.100. The minimum absolute atomic E-state index is 0.0258. The number of carbonyl (C=O) groups is 1. The Morgan fingerprint density at radius 3 is 2.57 bits per heavy atom. The predicted molar refractivity (Wildman–Crippen MR) is 58.2 cm³/mol. The van der Waals surface area contributed by atoms with Crippen molar-refractivity contribution in [1.82, 2.24) is 4.90 Å². The molecule has 0 saturated carbocycles. The average Bonchev–Trinajstić information content (AvgIpc) is 2.25. The summed E-state index contributed by atoms with van der Waals surface area (Å²) in [5, 5.41) is 0. The largest absolute Gasteiger partial charge is 0.341 e. The lowest BCUT2D eigenvalue weighted by molar-refractivity contribution is -0.129. The van der Waals surface area contributed by atoms with Gasteiger partial charge in [0, 0.05) is 13.1 Å². The third kappa shape index (κ3) is 3.24. The van der Waals surface area contributed by atoms with E-state index < -0.39 is 9.84 Å². The van der Waals surface area contributed by atoms with Crippen LogP contribution < -0.4 is 0 Å². The van der Waals surface area contributed by atoms with Crippen molar-refractivity contribution in [3.63, 3.8) is 0 Å². The molecular formula is C8H14BrNO3S. The monoisotopic (exact) mass is 283 g/mol. The number of carbonyl (C=O) groups excluding carboxylic acids is 1. The van der Waals surface area contributed by atoms with Crippen LogP contribution in [0.1, 0.15) is 13.3 Å². The molecule has 0 aromatic rings. The van der Waals surface area contributed by atoms with E-state index in [1.54, 1.807) is 11.8 Å². The number of rotatable bonds is 1. The highest BCUT2D eigenvalue weighted by atomic mass is 79.9. The minimum Gasteiger partial charge on any atom is -0.341 e. The third-order valence-corrected chi connectivity index (χ3v) is 4.31. The molecule has 0 aliphatic carbocycles. The van der Waals surface area contributed by atoms with Crippen molar-refractivity contribution in [3.8, 4) is 0 Å². The van der Waals surface area contributed by atoms with Crippen LogP contribution in [0.4, 0.5) is 0 Å². The molecule has 1 aliphatic heterocycles. The lowest BCUT2D eigenvalue weighted by Gasteiger charge is -2.20. The molecule has 0 spiro atoms. The zero-order valence-corrected chi connectivity index (χ0v) is 10.5. The first-order chi connectivity index (χ1) is 6.42. The SMILES string of the molecule is CC(Br)C(=O)N1CCCS(=O)(=O)CC1. The molecule has 0 radical (unpaired) electrons. The van der Waals surface area contributed by atoms with Gasteiger partial charge >= 0.3 is 0 Å². The van der Waals surface area contributed by atoms with Crippen molar-refractivity contribution in [2.45, 2.75) is 18.2 Å². The fourth-order valence-electron chi connectivity index (χ4n) is 1.41. The van der Waals surface area contributed by atoms with Crippen molar-refractivity contribution in [1.29, 1.82) is 0 Å². The van der Waals surface area contributed by atoms with Crippen LogP contribution in [0.15, 0.2) is 0 Å². The average molecular weight is 284 g/mol. The van der Waals surface area contributed by atoms with Crippen LogP contribution >= 0.6 is 15.9 Å². The second-order valence-electron chi connectivity index (χ2n) is 3.45. The molecule has 1 rings (SSSR count). The van der Waals surface area contributed by atoms with Crippen molar-refractivity contribution in [3.05, 3.63) is 0 Å². The maximum atomic E-state index is 11.5. The van der Waals surface area contributed by atoms with Crippen LogP contribution in [-0.4, -0.2) is 48.6 Å². The first-order valence-electron chi connectivity index (χ1n) is 4.56. The quantitative estimate of drug-likeness (QED) is 0.656. The molecule has 1 saturated heterocycles. The maximum absolute atomic E-state index is 11.5. The summed E-state index contributed by atoms with van der Waals surface area (Å²) < 4.78 is 22.5. The van der Waals surface area contributed by atoms with Gasteiger partial charge in [0.2, 0.25) is 5.91 Å². The van der Waals surface area contributed by atoms with Crippen molar-refractivity contribution < 1.29 is 13.2 Å². The van der Waals surface area contributed by atoms with Gasteiger partial charge in [-0.05, 0) is 13.3 Å². The Bertz CT molecular complexity index is 313. The Kier molecular flexibility index (Phi) is 3.94. The molecular weight excluding hydrogens is 270 g/mol. The summed E-state index contributed by atoms with van der Waals surface area (Å²) in [5.41, 5.74) is 0. The van der Waals surface area contributed by atoms with Crippen molar-refractivity contribution >= 4 is 31.7 Å². The number of alkyl halides is 1. The van der Waals surface area contributed by atoms with Crippen LogP contribution in [0.3, 0.4) is 0 Å². The van der Waals surface area contributed by atoms with Crippen molar-refractivity contribution in [2.75, 3.05) is 24.6 Å². The van der Waals surface area contributed by atoms with Crippen LogP contribution in [0.2, 0.25) is 0 Å². The topological polar surface area (TPSA) is 54.5 Å². The zero-order valence-electron chi connectivity index (χ0n) is 8.07. The number of hydrogen-bond acceptors (Lipinski definition) is 3. The molecule has 0 N–H and O–H groups in total. The number of hydrogen-bond donors (Lipinski definition) is 0. The highest BCUT2D eigenvalue weighted by Gasteiger charge is 2.24. The van der Waals surface area contributed by atoms with Crippen molar-refractivity contribution in [2.24, 2.45) is 0 Å². The van der Waals surface area contributed by atoms with Gasteiger partial charge in [0.05, 0.1) is 16.3 Å². The Labute approximate surface area is 92.7 Å². The Morgan fingerprint density at radius 2 is 2.00 bits per heavy atom. The molecule has 1 atom stereocenters. The number of nitrogens with zero attached hydrogens (tertiary/aromatic N) is 1. The van der Waals surface area contributed by atoms with Crippen LogP contribution in [-0.2, 0) is 14.6 Å². The van der Waals surface area contributed by atoms with E-state index in [4.69, 9.17) is 0 Å². The molecule has 4 nitrogen and oxygen atoms in total. The number of halogens is 1. The summed E-state index contributed by atoms with van der Waals surface area (Å²) in [4.78, 5) is 12.9. The van der Waals surface area contributed by atoms with Gasteiger partial charge in [0.1, 0.15) is 0 Å². The van der Waals surface area contributed by atoms with E-state index in [9.17, 15) is 13.2 Å². The van der Waals surface area contributed by atoms with E-state index in [1.807, 2.05) is 0 Å². The highest BCUT2D eigenvalue weighted by molar-refractivity contribution is 9.10. The molecule has 1 heterocycles. The molecule has 1 unspecified atom stereocenters. The molecule has 0 bridgehead atoms. The number of amides is 1. The summed E-state index contributed by atoms with van der Waals surface area (Å²) in [5.74, 6) is 0.272. The zero-order chi connectivity index (χ0) is 10.8. The van der Waals surface area contributed by atoms with Gasteiger partial charge in [-0.25, -0.2) is 8.42 Å². The molecule has 6 heteroatoms. The third-order valence-electron chi connectivity index (χ3n) is 2.21. The molecule has 14 heavy (non-hydrogen) atoms. The molecule has 1 fully saturated rings. The second-order valence-corrected chi connectivity index (χ2v) is 7.12. The predicted octanol–water partition coefficient (Wildman–Crippen LogP) is 0.417. The van der Waals surface area contributed by atoms with Crippen LogP contribution in [0.25, 0.3) is 0 Å². The minimum atomic E-state index is -2.92. The summed E-state index contributed by atoms with van der Waals surface area (Å²) in [6, 6.07) is 0. The lowest BCUT2D eigenvalue weighted by atomic mass is 10.3. The van der Waals surface area contributed by atoms with Gasteiger partial charge in [0.25, 0.3) is 0 Å². The molecule has 1 amide bonds. The first kappa shape index (κ1) is 12.0. The fourth-order valence-corrected chi connectivity index (χ4v) is 2.97. The van der Waals surface area contributed by atoms with E-state index in [-0.39, 0.29) is 22.2 Å². The lowest BCUT2D eigenvalue weighted by Crippen LogP contribution is -2.37. The van der Waals surface area contributed by atoms with Gasteiger partial charge in [-0.3, -0.25) is 4.79 Å². The summed E-state index contributed by atoms with van der Waals surface area (Å²) in [6.45, 7) is 2.63. The van der Waals surface area contributed by atoms with Crippen LogP contribution in [0.5, 0.6) is 0 Å². The maximum Gasteiger partial charge on any atom is 0.236 e. The summed E-state index contributed by atoms with van der Waals surface area (Å²) >= 11 is 3.19. The Morgan fingerprint density at radius 1 is 1.36 bits per heavy atom. The van der Waals surface area contributed by atoms with Crippen LogP contribution in [0, 0.1) is 0 Å². The Balaban J connectivity index is 2.63. The summed E-state index contributed by atoms with van der Waals surface area (Å²) in [7, 11) is -2.92. The smallest absolute Gasteiger partial charge is 0.236 e. The summed E-state index contributed by atoms with van der Waals surface area (Å²) in [6.07, 6.45) is 0.549. The molecule has 0 aromatic heterocycles. The van der Waals surface area contributed by atoms with Gasteiger partial charge < -0.3 is 4.90 Å². The number of sulfone groups is 1. The molecule has 0 aromatic carbocycles. The van der Waals surface area contributed by atoms with Gasteiger partial charge in [-0.15, -0.1) is 0 Å². The van der Waals surface area contributed by atoms with E-state index in [2.05, 4.69) is 15.9 Å². The van der Waals surface area contributed by atoms with E-state index in [0.29, 0.717) is 19.5 Å². The van der Waals surface area contributed by atoms with Gasteiger partial charge in [-0.1, -0.05) is 15.9 Å². The van der Waals surface area contributed by atoms with Gasteiger partial charge in [-0.2, -0.15) is 0 Å². The second kappa shape index (κ2) is 4.61. The first-order valence-corrected chi connectivity index (χ1v) is 7.29.